The van der Waals surface area contributed by atoms with Gasteiger partial charge in [-0.2, -0.15) is 0 Å². The molecule has 1 aromatic heterocycles. The lowest BCUT2D eigenvalue weighted by atomic mass is 10.2. The predicted octanol–water partition coefficient (Wildman–Crippen LogP) is 6.43. The van der Waals surface area contributed by atoms with E-state index in [1.165, 1.54) is 30.0 Å². The van der Waals surface area contributed by atoms with Crippen LogP contribution in [-0.4, -0.2) is 14.8 Å². The maximum Gasteiger partial charge on any atom is 0.191 e. The van der Waals surface area contributed by atoms with Gasteiger partial charge >= 0.3 is 0 Å². The van der Waals surface area contributed by atoms with Gasteiger partial charge in [-0.05, 0) is 35.9 Å². The fourth-order valence-electron chi connectivity index (χ4n) is 2.36. The lowest BCUT2D eigenvalue weighted by Gasteiger charge is -2.10. The van der Waals surface area contributed by atoms with Gasteiger partial charge < -0.3 is 4.74 Å². The second kappa shape index (κ2) is 9.65. The molecule has 0 fully saturated rings. The number of benzene rings is 2. The average molecular weight is 459 g/mol. The number of hydrogen-bond acceptors (Lipinski definition) is 4. The number of aromatic nitrogens is 3. The van der Waals surface area contributed by atoms with Crippen LogP contribution in [0.3, 0.4) is 0 Å². The summed E-state index contributed by atoms with van der Waals surface area (Å²) in [4.78, 5) is 0. The molecule has 28 heavy (non-hydrogen) atoms. The van der Waals surface area contributed by atoms with Crippen molar-refractivity contribution < 1.29 is 9.13 Å². The molecule has 0 saturated heterocycles. The zero-order chi connectivity index (χ0) is 20.1. The topological polar surface area (TPSA) is 39.9 Å². The van der Waals surface area contributed by atoms with Crippen molar-refractivity contribution in [2.24, 2.45) is 0 Å². The lowest BCUT2D eigenvalue weighted by Crippen LogP contribution is -2.07. The van der Waals surface area contributed by atoms with Crippen molar-refractivity contribution in [1.29, 1.82) is 0 Å². The number of ether oxygens (including phenoxy) is 1. The van der Waals surface area contributed by atoms with Crippen LogP contribution in [0.15, 0.2) is 54.2 Å². The van der Waals surface area contributed by atoms with Crippen molar-refractivity contribution in [2.75, 3.05) is 0 Å². The summed E-state index contributed by atoms with van der Waals surface area (Å²) in [6.07, 6.45) is 1.75. The van der Waals surface area contributed by atoms with Gasteiger partial charge in [0.05, 0.1) is 15.1 Å². The summed E-state index contributed by atoms with van der Waals surface area (Å²) in [5, 5.41) is 10.4. The Kier molecular flexibility index (Phi) is 7.24. The summed E-state index contributed by atoms with van der Waals surface area (Å²) < 4.78 is 20.7. The first-order chi connectivity index (χ1) is 13.5. The van der Waals surface area contributed by atoms with Gasteiger partial charge in [0.1, 0.15) is 18.2 Å². The SMILES string of the molecule is C=CCn1c(COc2ccc(F)cc2Cl)nnc1SCc1ccc(Cl)c(Cl)c1. The van der Waals surface area contributed by atoms with E-state index < -0.39 is 5.82 Å². The molecular formula is C19H15Cl3FN3OS. The predicted molar refractivity (Wildman–Crippen MR) is 112 cm³/mol. The molecule has 3 rings (SSSR count). The molecule has 0 aliphatic rings. The first-order valence-corrected chi connectivity index (χ1v) is 10.3. The second-order valence-electron chi connectivity index (χ2n) is 5.70. The van der Waals surface area contributed by atoms with E-state index in [1.807, 2.05) is 16.7 Å². The number of nitrogens with zero attached hydrogens (tertiary/aromatic N) is 3. The minimum Gasteiger partial charge on any atom is -0.484 e. The minimum absolute atomic E-state index is 0.138. The molecule has 0 N–H and O–H groups in total. The monoisotopic (exact) mass is 457 g/mol. The van der Waals surface area contributed by atoms with Crippen molar-refractivity contribution in [2.45, 2.75) is 24.1 Å². The van der Waals surface area contributed by atoms with E-state index in [2.05, 4.69) is 16.8 Å². The van der Waals surface area contributed by atoms with Crippen molar-refractivity contribution in [3.63, 3.8) is 0 Å². The maximum absolute atomic E-state index is 13.2. The van der Waals surface area contributed by atoms with Crippen LogP contribution in [0.5, 0.6) is 5.75 Å². The van der Waals surface area contributed by atoms with Gasteiger partial charge in [-0.3, -0.25) is 4.57 Å². The summed E-state index contributed by atoms with van der Waals surface area (Å²) in [6, 6.07) is 9.46. The van der Waals surface area contributed by atoms with Crippen LogP contribution < -0.4 is 4.74 Å². The van der Waals surface area contributed by atoms with Crippen LogP contribution >= 0.6 is 46.6 Å². The van der Waals surface area contributed by atoms with Crippen LogP contribution in [-0.2, 0) is 18.9 Å². The quantitative estimate of drug-likeness (QED) is 0.288. The standard InChI is InChI=1S/C19H15Cl3FN3OS/c1-2-7-26-18(10-27-17-6-4-13(23)9-16(17)22)24-25-19(26)28-11-12-3-5-14(20)15(21)8-12/h2-6,8-9H,1,7,10-11H2. The molecule has 0 bridgehead atoms. The molecule has 146 valence electrons. The number of allylic oxidation sites excluding steroid dienone is 1. The Morgan fingerprint density at radius 1 is 1.07 bits per heavy atom. The number of rotatable bonds is 8. The van der Waals surface area contributed by atoms with E-state index in [0.717, 1.165) is 10.7 Å². The molecule has 9 heteroatoms. The van der Waals surface area contributed by atoms with Gasteiger partial charge in [-0.15, -0.1) is 16.8 Å². The summed E-state index contributed by atoms with van der Waals surface area (Å²) >= 11 is 19.5. The Morgan fingerprint density at radius 3 is 2.61 bits per heavy atom. The molecule has 0 aliphatic carbocycles. The van der Waals surface area contributed by atoms with Gasteiger partial charge in [0.2, 0.25) is 0 Å². The summed E-state index contributed by atoms with van der Waals surface area (Å²) in [7, 11) is 0. The summed E-state index contributed by atoms with van der Waals surface area (Å²) in [5.41, 5.74) is 1.02. The summed E-state index contributed by atoms with van der Waals surface area (Å²) in [5.74, 6) is 1.21. The molecule has 1 heterocycles. The van der Waals surface area contributed by atoms with Crippen molar-refractivity contribution in [1.82, 2.24) is 14.8 Å². The molecule has 0 radical (unpaired) electrons. The molecule has 3 aromatic rings. The number of halogens is 4. The van der Waals surface area contributed by atoms with E-state index in [9.17, 15) is 4.39 Å². The molecule has 0 aliphatic heterocycles. The Hall–Kier alpha value is -1.73. The molecular weight excluding hydrogens is 444 g/mol. The molecule has 0 saturated carbocycles. The lowest BCUT2D eigenvalue weighted by molar-refractivity contribution is 0.289. The van der Waals surface area contributed by atoms with Crippen molar-refractivity contribution in [3.8, 4) is 5.75 Å². The second-order valence-corrected chi connectivity index (χ2v) is 7.86. The van der Waals surface area contributed by atoms with E-state index in [4.69, 9.17) is 39.5 Å². The summed E-state index contributed by atoms with van der Waals surface area (Å²) in [6.45, 7) is 4.44. The Labute approximate surface area is 181 Å². The normalized spacial score (nSPS) is 10.9. The fraction of sp³-hybridized carbons (Fsp3) is 0.158. The smallest absolute Gasteiger partial charge is 0.191 e. The highest BCUT2D eigenvalue weighted by Crippen LogP contribution is 2.28. The Balaban J connectivity index is 1.71. The van der Waals surface area contributed by atoms with E-state index >= 15 is 0 Å². The van der Waals surface area contributed by atoms with Crippen LogP contribution in [0.4, 0.5) is 4.39 Å². The zero-order valence-electron chi connectivity index (χ0n) is 14.5. The van der Waals surface area contributed by atoms with Crippen molar-refractivity contribution in [3.05, 3.63) is 81.3 Å². The minimum atomic E-state index is -0.423. The highest BCUT2D eigenvalue weighted by molar-refractivity contribution is 7.98. The van der Waals surface area contributed by atoms with E-state index in [1.54, 1.807) is 12.1 Å². The Bertz CT molecular complexity index is 997. The zero-order valence-corrected chi connectivity index (χ0v) is 17.6. The molecule has 0 spiro atoms. The first kappa shape index (κ1) is 21.0. The molecule has 4 nitrogen and oxygen atoms in total. The largest absolute Gasteiger partial charge is 0.484 e. The van der Waals surface area contributed by atoms with Gasteiger partial charge in [-0.1, -0.05) is 58.7 Å². The van der Waals surface area contributed by atoms with Crippen LogP contribution in [0.1, 0.15) is 11.4 Å². The number of hydrogen-bond donors (Lipinski definition) is 0. The third-order valence-corrected chi connectivity index (χ3v) is 5.78. The third kappa shape index (κ3) is 5.20. The van der Waals surface area contributed by atoms with E-state index in [-0.39, 0.29) is 11.6 Å². The van der Waals surface area contributed by atoms with Crippen LogP contribution in [0.2, 0.25) is 15.1 Å². The molecule has 2 aromatic carbocycles. The maximum atomic E-state index is 13.2. The van der Waals surface area contributed by atoms with Gasteiger partial charge in [0.15, 0.2) is 11.0 Å². The average Bonchev–Trinajstić information content (AvgIpc) is 3.04. The van der Waals surface area contributed by atoms with Crippen LogP contribution in [0.25, 0.3) is 0 Å². The molecule has 0 atom stereocenters. The molecule has 0 unspecified atom stereocenters. The van der Waals surface area contributed by atoms with Crippen LogP contribution in [0, 0.1) is 5.82 Å². The van der Waals surface area contributed by atoms with E-state index in [0.29, 0.717) is 33.9 Å². The van der Waals surface area contributed by atoms with Crippen molar-refractivity contribution >= 4 is 46.6 Å². The fourth-order valence-corrected chi connectivity index (χ4v) is 3.81. The van der Waals surface area contributed by atoms with Gasteiger partial charge in [0, 0.05) is 12.3 Å². The molecule has 0 amide bonds. The highest BCUT2D eigenvalue weighted by Gasteiger charge is 2.14. The van der Waals surface area contributed by atoms with Gasteiger partial charge in [0.25, 0.3) is 0 Å². The first-order valence-electron chi connectivity index (χ1n) is 8.15. The highest BCUT2D eigenvalue weighted by atomic mass is 35.5. The van der Waals surface area contributed by atoms with Gasteiger partial charge in [-0.25, -0.2) is 4.39 Å². The Morgan fingerprint density at radius 2 is 1.89 bits per heavy atom. The number of thioether (sulfide) groups is 1. The third-order valence-electron chi connectivity index (χ3n) is 3.71.